The molecule has 1 aromatic heterocycles. The van der Waals surface area contributed by atoms with E-state index in [-0.39, 0.29) is 29.9 Å². The largest absolute Gasteiger partial charge is 0.370 e. The van der Waals surface area contributed by atoms with Crippen molar-refractivity contribution in [2.75, 3.05) is 13.1 Å². The highest BCUT2D eigenvalue weighted by Crippen LogP contribution is 2.18. The van der Waals surface area contributed by atoms with Crippen LogP contribution in [0, 0.1) is 0 Å². The summed E-state index contributed by atoms with van der Waals surface area (Å²) in [6, 6.07) is 6.27. The van der Waals surface area contributed by atoms with E-state index in [1.807, 2.05) is 18.2 Å². The predicted molar refractivity (Wildman–Crippen MR) is 98.2 cm³/mol. The highest BCUT2D eigenvalue weighted by atomic mass is 127. The quantitative estimate of drug-likeness (QED) is 0.257. The van der Waals surface area contributed by atoms with Gasteiger partial charge in [-0.3, -0.25) is 14.8 Å². The zero-order valence-corrected chi connectivity index (χ0v) is 15.0. The molecule has 1 fully saturated rings. The first kappa shape index (κ1) is 18.7. The van der Waals surface area contributed by atoms with E-state index in [0.717, 1.165) is 31.4 Å². The van der Waals surface area contributed by atoms with Crippen LogP contribution in [0.4, 0.5) is 0 Å². The van der Waals surface area contributed by atoms with Gasteiger partial charge in [0.25, 0.3) is 0 Å². The van der Waals surface area contributed by atoms with Gasteiger partial charge in [0.15, 0.2) is 5.96 Å². The average Bonchev–Trinajstić information content (AvgIpc) is 3.29. The lowest BCUT2D eigenvalue weighted by Crippen LogP contribution is -2.33. The summed E-state index contributed by atoms with van der Waals surface area (Å²) < 4.78 is 0. The zero-order chi connectivity index (χ0) is 14.9. The molecular formula is C15H24IN5O. The molecule has 1 amide bonds. The molecule has 0 atom stereocenters. The molecule has 2 rings (SSSR count). The molecule has 1 aromatic rings. The lowest BCUT2D eigenvalue weighted by Gasteiger charge is -2.05. The summed E-state index contributed by atoms with van der Waals surface area (Å²) >= 11 is 0. The lowest BCUT2D eigenvalue weighted by molar-refractivity contribution is -0.121. The third-order valence-electron chi connectivity index (χ3n) is 3.20. The van der Waals surface area contributed by atoms with E-state index in [9.17, 15) is 4.79 Å². The van der Waals surface area contributed by atoms with E-state index in [1.54, 1.807) is 6.20 Å². The first-order valence-corrected chi connectivity index (χ1v) is 7.47. The van der Waals surface area contributed by atoms with Crippen molar-refractivity contribution in [2.24, 2.45) is 10.7 Å². The van der Waals surface area contributed by atoms with Crippen LogP contribution in [0.1, 0.15) is 31.4 Å². The number of aromatic nitrogens is 1. The molecule has 1 aliphatic carbocycles. The summed E-state index contributed by atoms with van der Waals surface area (Å²) in [7, 11) is 0. The second-order valence-corrected chi connectivity index (χ2v) is 5.21. The summed E-state index contributed by atoms with van der Waals surface area (Å²) in [5.74, 6) is 0.544. The topological polar surface area (TPSA) is 92.4 Å². The number of carbonyl (C=O) groups is 1. The number of pyridine rings is 1. The number of guanidine groups is 1. The number of nitrogens with two attached hydrogens (primary N) is 1. The van der Waals surface area contributed by atoms with Gasteiger partial charge in [-0.05, 0) is 31.4 Å². The Morgan fingerprint density at radius 1 is 1.41 bits per heavy atom. The fraction of sp³-hybridized carbons (Fsp3) is 0.533. The van der Waals surface area contributed by atoms with Crippen molar-refractivity contribution in [3.8, 4) is 0 Å². The average molecular weight is 417 g/mol. The van der Waals surface area contributed by atoms with E-state index in [2.05, 4.69) is 20.6 Å². The third kappa shape index (κ3) is 8.16. The Balaban J connectivity index is 0.00000242. The van der Waals surface area contributed by atoms with Crippen molar-refractivity contribution in [2.45, 2.75) is 38.1 Å². The number of nitrogens with one attached hydrogen (secondary N) is 2. The first-order valence-electron chi connectivity index (χ1n) is 7.47. The van der Waals surface area contributed by atoms with Gasteiger partial charge in [-0.2, -0.15) is 0 Å². The Bertz CT molecular complexity index is 476. The molecule has 0 aromatic carbocycles. The Labute approximate surface area is 148 Å². The third-order valence-corrected chi connectivity index (χ3v) is 3.20. The minimum absolute atomic E-state index is 0. The Hall–Kier alpha value is -1.38. The number of halogens is 1. The predicted octanol–water partition coefficient (Wildman–Crippen LogP) is 1.21. The number of hydrogen-bond donors (Lipinski definition) is 3. The minimum atomic E-state index is 0. The Morgan fingerprint density at radius 2 is 2.23 bits per heavy atom. The number of aliphatic imine (C=N–C) groups is 1. The van der Waals surface area contributed by atoms with Crippen LogP contribution in [-0.4, -0.2) is 36.0 Å². The number of nitrogens with zero attached hydrogens (tertiary/aromatic N) is 2. The fourth-order valence-corrected chi connectivity index (χ4v) is 1.89. The summed E-state index contributed by atoms with van der Waals surface area (Å²) in [5, 5.41) is 6.00. The van der Waals surface area contributed by atoms with Gasteiger partial charge in [0.05, 0.1) is 0 Å². The summed E-state index contributed by atoms with van der Waals surface area (Å²) in [5.41, 5.74) is 6.79. The standard InChI is InChI=1S/C15H23N5O.HI/c16-15(19-11-8-12-4-1-2-9-17-12)18-10-3-5-14(21)20-13-6-7-13;/h1-2,4,9,13H,3,5-8,10-11H2,(H,20,21)(H3,16,18,19);1H. The van der Waals surface area contributed by atoms with Crippen LogP contribution in [-0.2, 0) is 11.2 Å². The molecule has 1 aliphatic rings. The van der Waals surface area contributed by atoms with Crippen molar-refractivity contribution in [1.29, 1.82) is 0 Å². The zero-order valence-electron chi connectivity index (χ0n) is 12.6. The van der Waals surface area contributed by atoms with Crippen LogP contribution >= 0.6 is 24.0 Å². The molecule has 0 saturated heterocycles. The normalized spacial score (nSPS) is 14.1. The van der Waals surface area contributed by atoms with Crippen molar-refractivity contribution in [3.05, 3.63) is 30.1 Å². The van der Waals surface area contributed by atoms with Gasteiger partial charge < -0.3 is 16.4 Å². The summed E-state index contributed by atoms with van der Waals surface area (Å²) in [4.78, 5) is 19.9. The van der Waals surface area contributed by atoms with Crippen LogP contribution in [0.3, 0.4) is 0 Å². The lowest BCUT2D eigenvalue weighted by atomic mass is 10.3. The van der Waals surface area contributed by atoms with Gasteiger partial charge in [0.2, 0.25) is 5.91 Å². The second-order valence-electron chi connectivity index (χ2n) is 5.21. The maximum absolute atomic E-state index is 11.5. The number of hydrogen-bond acceptors (Lipinski definition) is 3. The van der Waals surface area contributed by atoms with Crippen LogP contribution < -0.4 is 16.4 Å². The van der Waals surface area contributed by atoms with Crippen LogP contribution in [0.2, 0.25) is 0 Å². The molecule has 22 heavy (non-hydrogen) atoms. The fourth-order valence-electron chi connectivity index (χ4n) is 1.89. The number of rotatable bonds is 8. The Kier molecular flexibility index (Phi) is 8.79. The maximum Gasteiger partial charge on any atom is 0.220 e. The SMILES string of the molecule is I.NC(=NCCCC(=O)NC1CC1)NCCc1ccccn1. The van der Waals surface area contributed by atoms with Gasteiger partial charge in [0, 0.05) is 43.9 Å². The second kappa shape index (κ2) is 10.4. The minimum Gasteiger partial charge on any atom is -0.370 e. The molecule has 6 nitrogen and oxygen atoms in total. The van der Waals surface area contributed by atoms with E-state index in [1.165, 1.54) is 0 Å². The highest BCUT2D eigenvalue weighted by molar-refractivity contribution is 14.0. The maximum atomic E-state index is 11.5. The van der Waals surface area contributed by atoms with E-state index >= 15 is 0 Å². The number of amides is 1. The van der Waals surface area contributed by atoms with E-state index < -0.39 is 0 Å². The smallest absolute Gasteiger partial charge is 0.220 e. The molecule has 1 heterocycles. The number of carbonyl (C=O) groups excluding carboxylic acids is 1. The van der Waals surface area contributed by atoms with E-state index in [0.29, 0.717) is 31.5 Å². The molecule has 0 bridgehead atoms. The molecule has 7 heteroatoms. The molecule has 0 aliphatic heterocycles. The summed E-state index contributed by atoms with van der Waals surface area (Å²) in [6.45, 7) is 1.27. The highest BCUT2D eigenvalue weighted by Gasteiger charge is 2.22. The Morgan fingerprint density at radius 3 is 2.91 bits per heavy atom. The molecule has 4 N–H and O–H groups in total. The van der Waals surface area contributed by atoms with Gasteiger partial charge >= 0.3 is 0 Å². The molecule has 0 radical (unpaired) electrons. The van der Waals surface area contributed by atoms with Crippen molar-refractivity contribution in [3.63, 3.8) is 0 Å². The molecule has 0 spiro atoms. The molecule has 1 saturated carbocycles. The monoisotopic (exact) mass is 417 g/mol. The van der Waals surface area contributed by atoms with Crippen LogP contribution in [0.15, 0.2) is 29.4 Å². The van der Waals surface area contributed by atoms with Crippen molar-refractivity contribution >= 4 is 35.8 Å². The van der Waals surface area contributed by atoms with Crippen molar-refractivity contribution in [1.82, 2.24) is 15.6 Å². The van der Waals surface area contributed by atoms with Crippen LogP contribution in [0.5, 0.6) is 0 Å². The molecular weight excluding hydrogens is 393 g/mol. The van der Waals surface area contributed by atoms with E-state index in [4.69, 9.17) is 5.73 Å². The summed E-state index contributed by atoms with van der Waals surface area (Å²) in [6.07, 6.45) is 6.07. The van der Waals surface area contributed by atoms with Gasteiger partial charge in [-0.15, -0.1) is 24.0 Å². The first-order chi connectivity index (χ1) is 10.2. The van der Waals surface area contributed by atoms with Crippen LogP contribution in [0.25, 0.3) is 0 Å². The van der Waals surface area contributed by atoms with Gasteiger partial charge in [0.1, 0.15) is 0 Å². The van der Waals surface area contributed by atoms with Gasteiger partial charge in [-0.1, -0.05) is 6.07 Å². The molecule has 122 valence electrons. The molecule has 0 unspecified atom stereocenters. The van der Waals surface area contributed by atoms with Crippen molar-refractivity contribution < 1.29 is 4.79 Å². The van der Waals surface area contributed by atoms with Gasteiger partial charge in [-0.25, -0.2) is 0 Å².